The number of rotatable bonds is 2. The minimum Gasteiger partial charge on any atom is -0.480 e. The maximum absolute atomic E-state index is 12.0. The first-order chi connectivity index (χ1) is 7.61. The molecule has 1 aliphatic rings. The highest BCUT2D eigenvalue weighted by molar-refractivity contribution is 9.10. The van der Waals surface area contributed by atoms with Gasteiger partial charge in [0.25, 0.3) is 5.91 Å². The van der Waals surface area contributed by atoms with Gasteiger partial charge < -0.3 is 10.0 Å². The van der Waals surface area contributed by atoms with Gasteiger partial charge in [-0.3, -0.25) is 9.89 Å². The number of aromatic amines is 1. The molecule has 1 aromatic heterocycles. The summed E-state index contributed by atoms with van der Waals surface area (Å²) in [4.78, 5) is 24.3. The molecule has 0 bridgehead atoms. The summed E-state index contributed by atoms with van der Waals surface area (Å²) in [5, 5.41) is 15.2. The summed E-state index contributed by atoms with van der Waals surface area (Å²) in [6, 6.07) is -0.720. The topological polar surface area (TPSA) is 86.3 Å². The molecule has 1 aliphatic heterocycles. The highest BCUT2D eigenvalue weighted by atomic mass is 79.9. The molecular formula is C9H10BrN3O3. The number of aliphatic carboxylic acids is 1. The Morgan fingerprint density at radius 2 is 2.38 bits per heavy atom. The van der Waals surface area contributed by atoms with Crippen molar-refractivity contribution in [1.29, 1.82) is 0 Å². The predicted molar refractivity (Wildman–Crippen MR) is 58.0 cm³/mol. The average Bonchev–Trinajstić information content (AvgIpc) is 2.84. The van der Waals surface area contributed by atoms with E-state index in [2.05, 4.69) is 26.1 Å². The Hall–Kier alpha value is -1.37. The van der Waals surface area contributed by atoms with Crippen LogP contribution in [0.15, 0.2) is 10.7 Å². The fourth-order valence-electron chi connectivity index (χ4n) is 1.83. The molecule has 1 fully saturated rings. The van der Waals surface area contributed by atoms with Gasteiger partial charge in [0.15, 0.2) is 0 Å². The van der Waals surface area contributed by atoms with Gasteiger partial charge in [-0.1, -0.05) is 0 Å². The van der Waals surface area contributed by atoms with Gasteiger partial charge in [0, 0.05) is 6.54 Å². The Balaban J connectivity index is 2.22. The summed E-state index contributed by atoms with van der Waals surface area (Å²) >= 11 is 3.18. The number of halogens is 1. The van der Waals surface area contributed by atoms with E-state index in [1.54, 1.807) is 0 Å². The number of carbonyl (C=O) groups excluding carboxylic acids is 1. The van der Waals surface area contributed by atoms with Gasteiger partial charge in [-0.2, -0.15) is 5.10 Å². The van der Waals surface area contributed by atoms with Crippen molar-refractivity contribution < 1.29 is 14.7 Å². The highest BCUT2D eigenvalue weighted by Gasteiger charge is 2.35. The van der Waals surface area contributed by atoms with Crippen LogP contribution in [0.2, 0.25) is 0 Å². The zero-order chi connectivity index (χ0) is 11.7. The molecule has 2 heterocycles. The smallest absolute Gasteiger partial charge is 0.326 e. The molecule has 0 unspecified atom stereocenters. The summed E-state index contributed by atoms with van der Waals surface area (Å²) in [6.07, 6.45) is 2.69. The molecule has 2 rings (SSSR count). The lowest BCUT2D eigenvalue weighted by molar-refractivity contribution is -0.141. The van der Waals surface area contributed by atoms with Gasteiger partial charge in [0.2, 0.25) is 0 Å². The van der Waals surface area contributed by atoms with Crippen LogP contribution in [0.1, 0.15) is 23.3 Å². The molecule has 0 aromatic carbocycles. The molecule has 1 aromatic rings. The molecule has 0 aliphatic carbocycles. The third-order valence-electron chi connectivity index (χ3n) is 2.61. The average molecular weight is 288 g/mol. The Labute approximate surface area is 99.8 Å². The Bertz CT molecular complexity index is 431. The quantitative estimate of drug-likeness (QED) is 0.845. The lowest BCUT2D eigenvalue weighted by Crippen LogP contribution is -2.40. The number of likely N-dealkylation sites (tertiary alicyclic amines) is 1. The Kier molecular flexibility index (Phi) is 2.95. The number of aromatic nitrogens is 2. The van der Waals surface area contributed by atoms with E-state index in [1.165, 1.54) is 11.1 Å². The number of nitrogens with one attached hydrogen (secondary N) is 1. The molecule has 1 saturated heterocycles. The summed E-state index contributed by atoms with van der Waals surface area (Å²) in [5.74, 6) is -1.28. The van der Waals surface area contributed by atoms with E-state index in [0.29, 0.717) is 29.6 Å². The van der Waals surface area contributed by atoms with E-state index in [-0.39, 0.29) is 5.91 Å². The van der Waals surface area contributed by atoms with Crippen molar-refractivity contribution in [3.63, 3.8) is 0 Å². The SMILES string of the molecule is O=C(O)[C@H]1CCCN1C(=O)c1[nH]ncc1Br. The number of nitrogens with zero attached hydrogens (tertiary/aromatic N) is 2. The van der Waals surface area contributed by atoms with Crippen molar-refractivity contribution in [3.8, 4) is 0 Å². The Morgan fingerprint density at radius 3 is 2.94 bits per heavy atom. The monoisotopic (exact) mass is 287 g/mol. The molecule has 2 N–H and O–H groups in total. The van der Waals surface area contributed by atoms with E-state index >= 15 is 0 Å². The fourth-order valence-corrected chi connectivity index (χ4v) is 2.19. The van der Waals surface area contributed by atoms with Crippen LogP contribution in [0.4, 0.5) is 0 Å². The van der Waals surface area contributed by atoms with Crippen LogP contribution in [0.25, 0.3) is 0 Å². The second-order valence-corrected chi connectivity index (χ2v) is 4.44. The van der Waals surface area contributed by atoms with Crippen LogP contribution in [-0.4, -0.2) is 44.7 Å². The first-order valence-electron chi connectivity index (χ1n) is 4.84. The zero-order valence-electron chi connectivity index (χ0n) is 8.31. The number of H-pyrrole nitrogens is 1. The molecule has 7 heteroatoms. The molecule has 6 nitrogen and oxygen atoms in total. The summed E-state index contributed by atoms with van der Waals surface area (Å²) in [7, 11) is 0. The number of carboxylic acids is 1. The van der Waals surface area contributed by atoms with Gasteiger partial charge in [0.1, 0.15) is 11.7 Å². The van der Waals surface area contributed by atoms with Gasteiger partial charge in [-0.25, -0.2) is 4.79 Å². The van der Waals surface area contributed by atoms with Gasteiger partial charge in [-0.15, -0.1) is 0 Å². The third kappa shape index (κ3) is 1.82. The summed E-state index contributed by atoms with van der Waals surface area (Å²) in [5.41, 5.74) is 0.299. The van der Waals surface area contributed by atoms with Crippen molar-refractivity contribution in [2.75, 3.05) is 6.54 Å². The highest BCUT2D eigenvalue weighted by Crippen LogP contribution is 2.22. The minimum absolute atomic E-state index is 0.299. The largest absolute Gasteiger partial charge is 0.480 e. The van der Waals surface area contributed by atoms with Crippen molar-refractivity contribution >= 4 is 27.8 Å². The van der Waals surface area contributed by atoms with Gasteiger partial charge in [-0.05, 0) is 28.8 Å². The predicted octanol–water partition coefficient (Wildman–Crippen LogP) is 0.861. The molecule has 86 valence electrons. The molecule has 1 atom stereocenters. The molecular weight excluding hydrogens is 278 g/mol. The maximum Gasteiger partial charge on any atom is 0.326 e. The summed E-state index contributed by atoms with van der Waals surface area (Å²) in [6.45, 7) is 0.473. The van der Waals surface area contributed by atoms with Crippen molar-refractivity contribution in [2.45, 2.75) is 18.9 Å². The lowest BCUT2D eigenvalue weighted by Gasteiger charge is -2.20. The molecule has 0 spiro atoms. The standard InChI is InChI=1S/C9H10BrN3O3/c10-5-4-11-12-7(5)8(14)13-3-1-2-6(13)9(15)16/h4,6H,1-3H2,(H,11,12)(H,15,16)/t6-/m1/s1. The molecule has 16 heavy (non-hydrogen) atoms. The second-order valence-electron chi connectivity index (χ2n) is 3.59. The van der Waals surface area contributed by atoms with Crippen LogP contribution < -0.4 is 0 Å². The number of carbonyl (C=O) groups is 2. The Morgan fingerprint density at radius 1 is 1.62 bits per heavy atom. The van der Waals surface area contributed by atoms with Gasteiger partial charge >= 0.3 is 5.97 Å². The van der Waals surface area contributed by atoms with Crippen LogP contribution in [0, 0.1) is 0 Å². The van der Waals surface area contributed by atoms with Crippen LogP contribution in [0.3, 0.4) is 0 Å². The van der Waals surface area contributed by atoms with E-state index in [4.69, 9.17) is 5.11 Å². The number of hydrogen-bond donors (Lipinski definition) is 2. The van der Waals surface area contributed by atoms with Crippen molar-refractivity contribution in [3.05, 3.63) is 16.4 Å². The number of carboxylic acid groups (broad SMARTS) is 1. The maximum atomic E-state index is 12.0. The second kappa shape index (κ2) is 4.25. The van der Waals surface area contributed by atoms with E-state index in [9.17, 15) is 9.59 Å². The van der Waals surface area contributed by atoms with E-state index < -0.39 is 12.0 Å². The molecule has 0 radical (unpaired) electrons. The zero-order valence-corrected chi connectivity index (χ0v) is 9.90. The summed E-state index contributed by atoms with van der Waals surface area (Å²) < 4.78 is 0.550. The van der Waals surface area contributed by atoms with Crippen LogP contribution >= 0.6 is 15.9 Å². The lowest BCUT2D eigenvalue weighted by atomic mass is 10.2. The third-order valence-corrected chi connectivity index (χ3v) is 3.21. The fraction of sp³-hybridized carbons (Fsp3) is 0.444. The first-order valence-corrected chi connectivity index (χ1v) is 5.63. The molecule has 0 saturated carbocycles. The minimum atomic E-state index is -0.957. The normalized spacial score (nSPS) is 20.1. The van der Waals surface area contributed by atoms with Gasteiger partial charge in [0.05, 0.1) is 10.7 Å². The van der Waals surface area contributed by atoms with Crippen molar-refractivity contribution in [1.82, 2.24) is 15.1 Å². The van der Waals surface area contributed by atoms with Crippen LogP contribution in [-0.2, 0) is 4.79 Å². The molecule has 1 amide bonds. The van der Waals surface area contributed by atoms with Crippen molar-refractivity contribution in [2.24, 2.45) is 0 Å². The van der Waals surface area contributed by atoms with E-state index in [1.807, 2.05) is 0 Å². The number of amides is 1. The first kappa shape index (κ1) is 11.1. The van der Waals surface area contributed by atoms with E-state index in [0.717, 1.165) is 0 Å². The van der Waals surface area contributed by atoms with Crippen LogP contribution in [0.5, 0.6) is 0 Å². The number of hydrogen-bond acceptors (Lipinski definition) is 3.